The second-order valence-corrected chi connectivity index (χ2v) is 3.88. The molecule has 0 amide bonds. The standard InChI is InChI=1S/C11H21N3/c1-3-4-5-6-7-11-13-8-10(14-11)9(2)12/h8-9H,3-7,12H2,1-2H3,(H,13,14). The van der Waals surface area contributed by atoms with Crippen molar-refractivity contribution in [2.45, 2.75) is 52.0 Å². The molecule has 0 aromatic carbocycles. The summed E-state index contributed by atoms with van der Waals surface area (Å²) < 4.78 is 0. The molecule has 14 heavy (non-hydrogen) atoms. The summed E-state index contributed by atoms with van der Waals surface area (Å²) in [5.41, 5.74) is 6.77. The first-order valence-electron chi connectivity index (χ1n) is 5.53. The van der Waals surface area contributed by atoms with Gasteiger partial charge in [0.25, 0.3) is 0 Å². The minimum absolute atomic E-state index is 0.0619. The van der Waals surface area contributed by atoms with Crippen molar-refractivity contribution >= 4 is 0 Å². The highest BCUT2D eigenvalue weighted by atomic mass is 14.9. The van der Waals surface area contributed by atoms with Gasteiger partial charge in [0.15, 0.2) is 0 Å². The lowest BCUT2D eigenvalue weighted by Crippen LogP contribution is -2.05. The van der Waals surface area contributed by atoms with Crippen LogP contribution >= 0.6 is 0 Å². The van der Waals surface area contributed by atoms with Gasteiger partial charge in [-0.2, -0.15) is 0 Å². The van der Waals surface area contributed by atoms with E-state index in [4.69, 9.17) is 5.73 Å². The van der Waals surface area contributed by atoms with Crippen LogP contribution < -0.4 is 5.73 Å². The zero-order valence-corrected chi connectivity index (χ0v) is 9.21. The third-order valence-corrected chi connectivity index (χ3v) is 2.41. The van der Waals surface area contributed by atoms with Crippen molar-refractivity contribution in [3.05, 3.63) is 17.7 Å². The lowest BCUT2D eigenvalue weighted by molar-refractivity contribution is 0.653. The molecule has 3 N–H and O–H groups in total. The van der Waals surface area contributed by atoms with Gasteiger partial charge < -0.3 is 10.7 Å². The van der Waals surface area contributed by atoms with E-state index < -0.39 is 0 Å². The highest BCUT2D eigenvalue weighted by Gasteiger charge is 2.03. The summed E-state index contributed by atoms with van der Waals surface area (Å²) in [4.78, 5) is 7.55. The number of nitrogens with two attached hydrogens (primary N) is 1. The number of nitrogens with one attached hydrogen (secondary N) is 1. The van der Waals surface area contributed by atoms with E-state index >= 15 is 0 Å². The van der Waals surface area contributed by atoms with Crippen molar-refractivity contribution in [1.29, 1.82) is 0 Å². The van der Waals surface area contributed by atoms with Gasteiger partial charge >= 0.3 is 0 Å². The molecule has 0 saturated heterocycles. The van der Waals surface area contributed by atoms with Crippen LogP contribution in [0.15, 0.2) is 6.20 Å². The second kappa shape index (κ2) is 5.81. The van der Waals surface area contributed by atoms with E-state index in [1.807, 2.05) is 13.1 Å². The molecule has 1 unspecified atom stereocenters. The number of H-pyrrole nitrogens is 1. The van der Waals surface area contributed by atoms with E-state index in [0.29, 0.717) is 0 Å². The number of unbranched alkanes of at least 4 members (excludes halogenated alkanes) is 3. The lowest BCUT2D eigenvalue weighted by atomic mass is 10.1. The van der Waals surface area contributed by atoms with Gasteiger partial charge in [0.2, 0.25) is 0 Å². The van der Waals surface area contributed by atoms with Crippen LogP contribution in [0.4, 0.5) is 0 Å². The number of hydrogen-bond donors (Lipinski definition) is 2. The van der Waals surface area contributed by atoms with E-state index in [-0.39, 0.29) is 6.04 Å². The molecule has 0 spiro atoms. The van der Waals surface area contributed by atoms with Gasteiger partial charge in [-0.3, -0.25) is 0 Å². The van der Waals surface area contributed by atoms with Gasteiger partial charge in [-0.1, -0.05) is 26.2 Å². The van der Waals surface area contributed by atoms with Crippen LogP contribution in [0.2, 0.25) is 0 Å². The minimum atomic E-state index is 0.0619. The first-order chi connectivity index (χ1) is 6.74. The Morgan fingerprint density at radius 1 is 1.43 bits per heavy atom. The molecule has 0 aliphatic carbocycles. The summed E-state index contributed by atoms with van der Waals surface area (Å²) in [6.07, 6.45) is 8.01. The van der Waals surface area contributed by atoms with Crippen LogP contribution in [-0.4, -0.2) is 9.97 Å². The molecule has 1 aromatic heterocycles. The Hall–Kier alpha value is -0.830. The van der Waals surface area contributed by atoms with E-state index in [0.717, 1.165) is 17.9 Å². The number of nitrogens with zero attached hydrogens (tertiary/aromatic N) is 1. The molecule has 3 heteroatoms. The number of aromatic nitrogens is 2. The number of aryl methyl sites for hydroxylation is 1. The molecule has 1 rings (SSSR count). The summed E-state index contributed by atoms with van der Waals surface area (Å²) in [7, 11) is 0. The predicted octanol–water partition coefficient (Wildman–Crippen LogP) is 2.55. The number of hydrogen-bond acceptors (Lipinski definition) is 2. The Bertz CT molecular complexity index is 253. The largest absolute Gasteiger partial charge is 0.345 e. The van der Waals surface area contributed by atoms with Crippen LogP contribution in [0.1, 0.15) is 57.1 Å². The molecule has 0 radical (unpaired) electrons. The van der Waals surface area contributed by atoms with Crippen molar-refractivity contribution in [2.75, 3.05) is 0 Å². The number of aromatic amines is 1. The second-order valence-electron chi connectivity index (χ2n) is 3.88. The van der Waals surface area contributed by atoms with E-state index in [2.05, 4.69) is 16.9 Å². The van der Waals surface area contributed by atoms with Gasteiger partial charge in [-0.05, 0) is 13.3 Å². The zero-order chi connectivity index (χ0) is 10.4. The fourth-order valence-corrected chi connectivity index (χ4v) is 1.46. The first kappa shape index (κ1) is 11.2. The van der Waals surface area contributed by atoms with Crippen LogP contribution in [0.3, 0.4) is 0 Å². The molecule has 1 heterocycles. The fraction of sp³-hybridized carbons (Fsp3) is 0.727. The third kappa shape index (κ3) is 3.50. The van der Waals surface area contributed by atoms with Crippen LogP contribution in [0.25, 0.3) is 0 Å². The van der Waals surface area contributed by atoms with Crippen molar-refractivity contribution < 1.29 is 0 Å². The van der Waals surface area contributed by atoms with Gasteiger partial charge in [0.1, 0.15) is 5.82 Å². The summed E-state index contributed by atoms with van der Waals surface area (Å²) in [6.45, 7) is 4.19. The average Bonchev–Trinajstić information content (AvgIpc) is 2.61. The lowest BCUT2D eigenvalue weighted by Gasteiger charge is -1.99. The molecule has 80 valence electrons. The monoisotopic (exact) mass is 195 g/mol. The molecule has 3 nitrogen and oxygen atoms in total. The van der Waals surface area contributed by atoms with Crippen molar-refractivity contribution in [1.82, 2.24) is 9.97 Å². The Balaban J connectivity index is 2.29. The van der Waals surface area contributed by atoms with Crippen molar-refractivity contribution in [3.63, 3.8) is 0 Å². The normalized spacial score (nSPS) is 13.1. The topological polar surface area (TPSA) is 54.7 Å². The molecule has 0 fully saturated rings. The molecule has 0 aliphatic heterocycles. The van der Waals surface area contributed by atoms with Gasteiger partial charge in [0.05, 0.1) is 5.69 Å². The van der Waals surface area contributed by atoms with Crippen LogP contribution in [0.5, 0.6) is 0 Å². The SMILES string of the molecule is CCCCCCc1ncc(C(C)N)[nH]1. The quantitative estimate of drug-likeness (QED) is 0.685. The van der Waals surface area contributed by atoms with Crippen LogP contribution in [0, 0.1) is 0 Å². The molecule has 1 aromatic rings. The van der Waals surface area contributed by atoms with Gasteiger partial charge in [-0.25, -0.2) is 4.98 Å². The summed E-state index contributed by atoms with van der Waals surface area (Å²) in [6, 6.07) is 0.0619. The Kier molecular flexibility index (Phi) is 4.66. The van der Waals surface area contributed by atoms with Crippen LogP contribution in [-0.2, 0) is 6.42 Å². The molecule has 0 aliphatic rings. The number of imidazole rings is 1. The zero-order valence-electron chi connectivity index (χ0n) is 9.21. The van der Waals surface area contributed by atoms with E-state index in [1.165, 1.54) is 25.7 Å². The Morgan fingerprint density at radius 2 is 2.21 bits per heavy atom. The molecular formula is C11H21N3. The van der Waals surface area contributed by atoms with Gasteiger partial charge in [-0.15, -0.1) is 0 Å². The third-order valence-electron chi connectivity index (χ3n) is 2.41. The average molecular weight is 195 g/mol. The molecule has 0 bridgehead atoms. The van der Waals surface area contributed by atoms with Gasteiger partial charge in [0, 0.05) is 18.7 Å². The highest BCUT2D eigenvalue weighted by Crippen LogP contribution is 2.09. The smallest absolute Gasteiger partial charge is 0.106 e. The maximum atomic E-state index is 5.73. The Morgan fingerprint density at radius 3 is 2.79 bits per heavy atom. The summed E-state index contributed by atoms with van der Waals surface area (Å²) >= 11 is 0. The van der Waals surface area contributed by atoms with E-state index in [9.17, 15) is 0 Å². The summed E-state index contributed by atoms with van der Waals surface area (Å²) in [5.74, 6) is 1.08. The van der Waals surface area contributed by atoms with Crippen molar-refractivity contribution in [3.8, 4) is 0 Å². The fourth-order valence-electron chi connectivity index (χ4n) is 1.46. The van der Waals surface area contributed by atoms with Crippen molar-refractivity contribution in [2.24, 2.45) is 5.73 Å². The van der Waals surface area contributed by atoms with E-state index in [1.54, 1.807) is 0 Å². The predicted molar refractivity (Wildman–Crippen MR) is 59.0 cm³/mol. The molecule has 1 atom stereocenters. The molecule has 0 saturated carbocycles. The maximum Gasteiger partial charge on any atom is 0.106 e. The summed E-state index contributed by atoms with van der Waals surface area (Å²) in [5, 5.41) is 0. The Labute approximate surface area is 86.1 Å². The highest BCUT2D eigenvalue weighted by molar-refractivity contribution is 5.04. The molecular weight excluding hydrogens is 174 g/mol. The first-order valence-corrected chi connectivity index (χ1v) is 5.53. The number of rotatable bonds is 6. The maximum absolute atomic E-state index is 5.73. The minimum Gasteiger partial charge on any atom is -0.345 e.